The van der Waals surface area contributed by atoms with Crippen LogP contribution >= 0.6 is 0 Å². The van der Waals surface area contributed by atoms with Crippen molar-refractivity contribution in [3.8, 4) is 0 Å². The number of halogens is 1. The van der Waals surface area contributed by atoms with E-state index in [0.29, 0.717) is 28.7 Å². The van der Waals surface area contributed by atoms with Gasteiger partial charge in [-0.2, -0.15) is 0 Å². The fourth-order valence-electron chi connectivity index (χ4n) is 2.96. The molecule has 1 fully saturated rings. The van der Waals surface area contributed by atoms with Crippen LogP contribution in [-0.2, 0) is 0 Å². The van der Waals surface area contributed by atoms with E-state index in [-0.39, 0.29) is 24.4 Å². The third-order valence-corrected chi connectivity index (χ3v) is 3.98. The molecule has 0 radical (unpaired) electrons. The Morgan fingerprint density at radius 3 is 3.05 bits per heavy atom. The van der Waals surface area contributed by atoms with Crippen molar-refractivity contribution in [2.75, 3.05) is 13.2 Å². The molecule has 1 atom stereocenters. The maximum Gasteiger partial charge on any atom is 0.254 e. The van der Waals surface area contributed by atoms with Crippen LogP contribution < -0.4 is 0 Å². The molecule has 0 unspecified atom stereocenters. The lowest BCUT2D eigenvalue weighted by Gasteiger charge is -2.23. The Labute approximate surface area is 122 Å². The third-order valence-electron chi connectivity index (χ3n) is 3.98. The van der Waals surface area contributed by atoms with E-state index in [1.54, 1.807) is 24.0 Å². The lowest BCUT2D eigenvalue weighted by Crippen LogP contribution is -2.37. The topological polar surface area (TPSA) is 53.4 Å². The molecular weight excluding hydrogens is 271 g/mol. The maximum atomic E-state index is 13.4. The highest BCUT2D eigenvalue weighted by Gasteiger charge is 2.29. The zero-order chi connectivity index (χ0) is 15.0. The van der Waals surface area contributed by atoms with Crippen LogP contribution in [0.1, 0.15) is 28.9 Å². The van der Waals surface area contributed by atoms with Crippen LogP contribution in [0.15, 0.2) is 24.3 Å². The molecule has 3 rings (SSSR count). The van der Waals surface area contributed by atoms with Crippen LogP contribution in [0.4, 0.5) is 4.39 Å². The van der Waals surface area contributed by atoms with Crippen molar-refractivity contribution in [3.05, 3.63) is 41.3 Å². The minimum Gasteiger partial charge on any atom is -0.394 e. The summed E-state index contributed by atoms with van der Waals surface area (Å²) in [5.74, 6) is -0.484. The smallest absolute Gasteiger partial charge is 0.254 e. The van der Waals surface area contributed by atoms with Gasteiger partial charge in [-0.3, -0.25) is 9.78 Å². The number of carbonyl (C=O) groups is 1. The second-order valence-corrected chi connectivity index (χ2v) is 5.45. The standard InChI is InChI=1S/C16H17FN2O2/c1-10-7-14(13-5-4-11(17)8-15(13)18-10)16(21)19-6-2-3-12(19)9-20/h4-5,7-8,12,20H,2-3,6,9H2,1H3/t12-/m1/s1. The summed E-state index contributed by atoms with van der Waals surface area (Å²) in [6.07, 6.45) is 1.71. The first-order chi connectivity index (χ1) is 10.1. The van der Waals surface area contributed by atoms with Crippen molar-refractivity contribution >= 4 is 16.8 Å². The van der Waals surface area contributed by atoms with Gasteiger partial charge >= 0.3 is 0 Å². The molecule has 0 bridgehead atoms. The van der Waals surface area contributed by atoms with Gasteiger partial charge in [0.15, 0.2) is 0 Å². The number of rotatable bonds is 2. The Kier molecular flexibility index (Phi) is 3.59. The number of carbonyl (C=O) groups excluding carboxylic acids is 1. The Morgan fingerprint density at radius 2 is 2.29 bits per heavy atom. The van der Waals surface area contributed by atoms with Crippen molar-refractivity contribution in [2.24, 2.45) is 0 Å². The summed E-state index contributed by atoms with van der Waals surface area (Å²) in [5.41, 5.74) is 1.69. The minimum atomic E-state index is -0.367. The van der Waals surface area contributed by atoms with Crippen molar-refractivity contribution in [3.63, 3.8) is 0 Å². The van der Waals surface area contributed by atoms with E-state index in [4.69, 9.17) is 0 Å². The Morgan fingerprint density at radius 1 is 1.48 bits per heavy atom. The molecule has 110 valence electrons. The van der Waals surface area contributed by atoms with Gasteiger partial charge in [0.25, 0.3) is 5.91 Å². The molecule has 1 aliphatic heterocycles. The second kappa shape index (κ2) is 5.41. The zero-order valence-corrected chi connectivity index (χ0v) is 11.8. The number of hydrogen-bond donors (Lipinski definition) is 1. The number of fused-ring (bicyclic) bond motifs is 1. The number of aliphatic hydroxyl groups excluding tert-OH is 1. The number of benzene rings is 1. The summed E-state index contributed by atoms with van der Waals surface area (Å²) in [5, 5.41) is 10.0. The van der Waals surface area contributed by atoms with Gasteiger partial charge in [-0.15, -0.1) is 0 Å². The van der Waals surface area contributed by atoms with Crippen molar-refractivity contribution in [1.29, 1.82) is 0 Å². The molecule has 1 aliphatic rings. The summed E-state index contributed by atoms with van der Waals surface area (Å²) in [6.45, 7) is 2.41. The quantitative estimate of drug-likeness (QED) is 0.922. The van der Waals surface area contributed by atoms with Gasteiger partial charge in [-0.25, -0.2) is 4.39 Å². The van der Waals surface area contributed by atoms with Gasteiger partial charge < -0.3 is 10.0 Å². The fraction of sp³-hybridized carbons (Fsp3) is 0.375. The molecule has 4 nitrogen and oxygen atoms in total. The SMILES string of the molecule is Cc1cc(C(=O)N2CCC[C@@H]2CO)c2ccc(F)cc2n1. The molecule has 1 aromatic carbocycles. The zero-order valence-electron chi connectivity index (χ0n) is 11.8. The van der Waals surface area contributed by atoms with Crippen molar-refractivity contribution < 1.29 is 14.3 Å². The average molecular weight is 288 g/mol. The molecule has 0 aliphatic carbocycles. The highest BCUT2D eigenvalue weighted by Crippen LogP contribution is 2.25. The summed E-state index contributed by atoms with van der Waals surface area (Å²) in [4.78, 5) is 18.8. The van der Waals surface area contributed by atoms with Gasteiger partial charge in [0.2, 0.25) is 0 Å². The Balaban J connectivity index is 2.09. The van der Waals surface area contributed by atoms with Crippen molar-refractivity contribution in [2.45, 2.75) is 25.8 Å². The molecule has 1 saturated heterocycles. The lowest BCUT2D eigenvalue weighted by molar-refractivity contribution is 0.0679. The lowest BCUT2D eigenvalue weighted by atomic mass is 10.1. The predicted molar refractivity (Wildman–Crippen MR) is 77.6 cm³/mol. The first kappa shape index (κ1) is 13.9. The molecule has 5 heteroatoms. The first-order valence-corrected chi connectivity index (χ1v) is 7.09. The van der Waals surface area contributed by atoms with E-state index >= 15 is 0 Å². The van der Waals surface area contributed by atoms with Gasteiger partial charge in [0, 0.05) is 23.7 Å². The van der Waals surface area contributed by atoms with Crippen molar-refractivity contribution in [1.82, 2.24) is 9.88 Å². The molecule has 1 aromatic heterocycles. The number of aliphatic hydroxyl groups is 1. The van der Waals surface area contributed by atoms with E-state index in [2.05, 4.69) is 4.98 Å². The van der Waals surface area contributed by atoms with Crippen LogP contribution in [0.25, 0.3) is 10.9 Å². The van der Waals surface area contributed by atoms with Gasteiger partial charge in [-0.1, -0.05) is 0 Å². The van der Waals surface area contributed by atoms with E-state index < -0.39 is 0 Å². The molecule has 2 aromatic rings. The molecular formula is C16H17FN2O2. The maximum absolute atomic E-state index is 13.4. The average Bonchev–Trinajstić information content (AvgIpc) is 2.93. The largest absolute Gasteiger partial charge is 0.394 e. The molecule has 1 amide bonds. The van der Waals surface area contributed by atoms with E-state index in [1.807, 2.05) is 0 Å². The highest BCUT2D eigenvalue weighted by atomic mass is 19.1. The monoisotopic (exact) mass is 288 g/mol. The van der Waals surface area contributed by atoms with Crippen LogP contribution in [0.5, 0.6) is 0 Å². The summed E-state index contributed by atoms with van der Waals surface area (Å²) >= 11 is 0. The highest BCUT2D eigenvalue weighted by molar-refractivity contribution is 6.06. The number of pyridine rings is 1. The number of hydrogen-bond acceptors (Lipinski definition) is 3. The van der Waals surface area contributed by atoms with Gasteiger partial charge in [0.05, 0.1) is 23.7 Å². The van der Waals surface area contributed by atoms with Crippen LogP contribution in [-0.4, -0.2) is 40.1 Å². The molecule has 21 heavy (non-hydrogen) atoms. The summed E-state index contributed by atoms with van der Waals surface area (Å²) < 4.78 is 13.4. The van der Waals surface area contributed by atoms with E-state index in [0.717, 1.165) is 12.8 Å². The number of nitrogens with zero attached hydrogens (tertiary/aromatic N) is 2. The van der Waals surface area contributed by atoms with E-state index in [1.165, 1.54) is 12.1 Å². The molecule has 2 heterocycles. The van der Waals surface area contributed by atoms with Crippen LogP contribution in [0.3, 0.4) is 0 Å². The van der Waals surface area contributed by atoms with Crippen LogP contribution in [0, 0.1) is 12.7 Å². The predicted octanol–water partition coefficient (Wildman–Crippen LogP) is 2.28. The molecule has 0 spiro atoms. The van der Waals surface area contributed by atoms with Crippen LogP contribution in [0.2, 0.25) is 0 Å². The minimum absolute atomic E-state index is 0.0254. The van der Waals surface area contributed by atoms with E-state index in [9.17, 15) is 14.3 Å². The Bertz CT molecular complexity index is 697. The van der Waals surface area contributed by atoms with Gasteiger partial charge in [-0.05, 0) is 38.0 Å². The number of likely N-dealkylation sites (tertiary alicyclic amines) is 1. The Hall–Kier alpha value is -2.01. The number of aromatic nitrogens is 1. The summed E-state index contributed by atoms with van der Waals surface area (Å²) in [6, 6.07) is 5.88. The first-order valence-electron chi connectivity index (χ1n) is 7.09. The molecule has 0 saturated carbocycles. The summed E-state index contributed by atoms with van der Waals surface area (Å²) in [7, 11) is 0. The third kappa shape index (κ3) is 2.49. The van der Waals surface area contributed by atoms with Gasteiger partial charge in [0.1, 0.15) is 5.82 Å². The normalized spacial score (nSPS) is 18.4. The number of aryl methyl sites for hydroxylation is 1. The molecule has 1 N–H and O–H groups in total. The fourth-order valence-corrected chi connectivity index (χ4v) is 2.96. The number of amides is 1. The second-order valence-electron chi connectivity index (χ2n) is 5.45.